The minimum absolute atomic E-state index is 0.181. The van der Waals surface area contributed by atoms with E-state index in [4.69, 9.17) is 4.74 Å². The highest BCUT2D eigenvalue weighted by Crippen LogP contribution is 2.05. The van der Waals surface area contributed by atoms with Gasteiger partial charge in [0.2, 0.25) is 5.82 Å². The molecule has 17 heavy (non-hydrogen) atoms. The molecule has 0 fully saturated rings. The summed E-state index contributed by atoms with van der Waals surface area (Å²) in [7, 11) is 1.61. The van der Waals surface area contributed by atoms with Gasteiger partial charge in [0.25, 0.3) is 5.91 Å². The number of nitrogens with one attached hydrogen (secondary N) is 2. The summed E-state index contributed by atoms with van der Waals surface area (Å²) in [6.45, 7) is 6.25. The second-order valence-electron chi connectivity index (χ2n) is 4.50. The minimum Gasteiger partial charge on any atom is -0.377 e. The lowest BCUT2D eigenvalue weighted by molar-refractivity contribution is 0.0227. The van der Waals surface area contributed by atoms with Crippen molar-refractivity contribution in [2.45, 2.75) is 39.2 Å². The van der Waals surface area contributed by atoms with Crippen LogP contribution in [0.4, 0.5) is 0 Å². The summed E-state index contributed by atoms with van der Waals surface area (Å²) in [6, 6.07) is 0. The molecule has 0 aliphatic heterocycles. The second-order valence-corrected chi connectivity index (χ2v) is 4.50. The molecule has 1 amide bonds. The van der Waals surface area contributed by atoms with Crippen LogP contribution in [0.5, 0.6) is 0 Å². The van der Waals surface area contributed by atoms with Crippen molar-refractivity contribution >= 4 is 5.91 Å². The van der Waals surface area contributed by atoms with Crippen LogP contribution in [-0.2, 0) is 11.2 Å². The first kappa shape index (κ1) is 13.6. The number of nitrogens with zero attached hydrogens (tertiary/aromatic N) is 2. The third kappa shape index (κ3) is 4.14. The topological polar surface area (TPSA) is 79.9 Å². The van der Waals surface area contributed by atoms with Gasteiger partial charge in [-0.1, -0.05) is 6.92 Å². The Kier molecular flexibility index (Phi) is 4.62. The lowest BCUT2D eigenvalue weighted by atomic mass is 10.1. The summed E-state index contributed by atoms with van der Waals surface area (Å²) in [5.41, 5.74) is -0.391. The van der Waals surface area contributed by atoms with E-state index in [1.54, 1.807) is 7.11 Å². The maximum atomic E-state index is 11.7. The van der Waals surface area contributed by atoms with Crippen LogP contribution >= 0.6 is 0 Å². The Balaban J connectivity index is 2.52. The van der Waals surface area contributed by atoms with Gasteiger partial charge in [-0.05, 0) is 20.3 Å². The monoisotopic (exact) mass is 240 g/mol. The van der Waals surface area contributed by atoms with Crippen LogP contribution in [0, 0.1) is 0 Å². The molecule has 1 aromatic rings. The summed E-state index contributed by atoms with van der Waals surface area (Å²) >= 11 is 0. The largest absolute Gasteiger partial charge is 0.377 e. The highest BCUT2D eigenvalue weighted by atomic mass is 16.5. The van der Waals surface area contributed by atoms with Crippen molar-refractivity contribution in [3.8, 4) is 0 Å². The van der Waals surface area contributed by atoms with E-state index in [-0.39, 0.29) is 11.7 Å². The van der Waals surface area contributed by atoms with Crippen molar-refractivity contribution in [1.82, 2.24) is 20.5 Å². The van der Waals surface area contributed by atoms with Crippen molar-refractivity contribution in [2.24, 2.45) is 0 Å². The molecule has 0 unspecified atom stereocenters. The van der Waals surface area contributed by atoms with Gasteiger partial charge in [0, 0.05) is 20.1 Å². The van der Waals surface area contributed by atoms with Crippen LogP contribution in [0.3, 0.4) is 0 Å². The standard InChI is InChI=1S/C11H20N4O2/c1-5-6-8-13-9(15-14-8)10(16)12-7-11(2,3)17-4/h5-7H2,1-4H3,(H,12,16)(H,13,14,15). The van der Waals surface area contributed by atoms with Gasteiger partial charge < -0.3 is 10.1 Å². The first-order chi connectivity index (χ1) is 7.98. The molecule has 0 atom stereocenters. The highest BCUT2D eigenvalue weighted by Gasteiger charge is 2.19. The highest BCUT2D eigenvalue weighted by molar-refractivity contribution is 5.90. The fraction of sp³-hybridized carbons (Fsp3) is 0.727. The SMILES string of the molecule is CCCc1nc(C(=O)NCC(C)(C)OC)n[nH]1. The normalized spacial score (nSPS) is 11.5. The Hall–Kier alpha value is -1.43. The van der Waals surface area contributed by atoms with Crippen molar-refractivity contribution in [3.05, 3.63) is 11.6 Å². The molecule has 0 saturated carbocycles. The van der Waals surface area contributed by atoms with Gasteiger partial charge in [-0.2, -0.15) is 0 Å². The fourth-order valence-corrected chi connectivity index (χ4v) is 1.19. The van der Waals surface area contributed by atoms with Gasteiger partial charge >= 0.3 is 0 Å². The summed E-state index contributed by atoms with van der Waals surface area (Å²) in [6.07, 6.45) is 1.76. The molecule has 0 aliphatic rings. The predicted octanol–water partition coefficient (Wildman–Crippen LogP) is 0.912. The van der Waals surface area contributed by atoms with E-state index in [2.05, 4.69) is 20.5 Å². The first-order valence-corrected chi connectivity index (χ1v) is 5.73. The quantitative estimate of drug-likeness (QED) is 0.774. The number of carbonyl (C=O) groups excluding carboxylic acids is 1. The Morgan fingerprint density at radius 3 is 2.82 bits per heavy atom. The Labute approximate surface area is 101 Å². The molecule has 1 aromatic heterocycles. The number of aromatic nitrogens is 3. The molecule has 0 aromatic carbocycles. The molecule has 6 heteroatoms. The van der Waals surface area contributed by atoms with Gasteiger partial charge in [0.05, 0.1) is 5.60 Å². The zero-order valence-corrected chi connectivity index (χ0v) is 10.8. The van der Waals surface area contributed by atoms with Crippen molar-refractivity contribution in [1.29, 1.82) is 0 Å². The number of carbonyl (C=O) groups is 1. The fourth-order valence-electron chi connectivity index (χ4n) is 1.19. The molecular formula is C11H20N4O2. The number of aromatic amines is 1. The Morgan fingerprint density at radius 1 is 1.53 bits per heavy atom. The van der Waals surface area contributed by atoms with Crippen LogP contribution in [0.2, 0.25) is 0 Å². The molecule has 0 radical (unpaired) electrons. The molecule has 2 N–H and O–H groups in total. The number of hydrogen-bond acceptors (Lipinski definition) is 4. The average Bonchev–Trinajstić information content (AvgIpc) is 2.75. The summed E-state index contributed by atoms with van der Waals surface area (Å²) < 4.78 is 5.20. The lowest BCUT2D eigenvalue weighted by Gasteiger charge is -2.22. The molecule has 0 spiro atoms. The third-order valence-corrected chi connectivity index (χ3v) is 2.45. The van der Waals surface area contributed by atoms with E-state index in [1.807, 2.05) is 20.8 Å². The van der Waals surface area contributed by atoms with Crippen LogP contribution in [0.1, 0.15) is 43.6 Å². The zero-order valence-electron chi connectivity index (χ0n) is 10.8. The molecule has 0 saturated heterocycles. The summed E-state index contributed by atoms with van der Waals surface area (Å²) in [5, 5.41) is 9.35. The summed E-state index contributed by atoms with van der Waals surface area (Å²) in [5.74, 6) is 0.637. The van der Waals surface area contributed by atoms with Crippen LogP contribution in [0.25, 0.3) is 0 Å². The number of hydrogen-bond donors (Lipinski definition) is 2. The molecule has 1 heterocycles. The maximum Gasteiger partial charge on any atom is 0.291 e. The van der Waals surface area contributed by atoms with Gasteiger partial charge in [0.15, 0.2) is 0 Å². The van der Waals surface area contributed by atoms with Gasteiger partial charge in [-0.25, -0.2) is 4.98 Å². The number of aryl methyl sites for hydroxylation is 1. The molecule has 6 nitrogen and oxygen atoms in total. The molecule has 0 bridgehead atoms. The van der Waals surface area contributed by atoms with Crippen molar-refractivity contribution < 1.29 is 9.53 Å². The first-order valence-electron chi connectivity index (χ1n) is 5.73. The van der Waals surface area contributed by atoms with Crippen LogP contribution < -0.4 is 5.32 Å². The van der Waals surface area contributed by atoms with Crippen molar-refractivity contribution in [2.75, 3.05) is 13.7 Å². The number of methoxy groups -OCH3 is 1. The van der Waals surface area contributed by atoms with Gasteiger partial charge in [-0.3, -0.25) is 9.89 Å². The molecule has 0 aliphatic carbocycles. The second kappa shape index (κ2) is 5.77. The maximum absolute atomic E-state index is 11.7. The molecular weight excluding hydrogens is 220 g/mol. The van der Waals surface area contributed by atoms with E-state index in [9.17, 15) is 4.79 Å². The van der Waals surface area contributed by atoms with E-state index >= 15 is 0 Å². The Morgan fingerprint density at radius 2 is 2.24 bits per heavy atom. The van der Waals surface area contributed by atoms with E-state index in [0.717, 1.165) is 18.7 Å². The molecule has 1 rings (SSSR count). The Bertz CT molecular complexity index is 373. The van der Waals surface area contributed by atoms with E-state index in [0.29, 0.717) is 6.54 Å². The number of H-pyrrole nitrogens is 1. The van der Waals surface area contributed by atoms with Crippen LogP contribution in [0.15, 0.2) is 0 Å². The number of amides is 1. The zero-order chi connectivity index (χ0) is 12.9. The average molecular weight is 240 g/mol. The smallest absolute Gasteiger partial charge is 0.291 e. The predicted molar refractivity (Wildman–Crippen MR) is 63.8 cm³/mol. The van der Waals surface area contributed by atoms with E-state index < -0.39 is 5.60 Å². The lowest BCUT2D eigenvalue weighted by Crippen LogP contribution is -2.40. The van der Waals surface area contributed by atoms with Gasteiger partial charge in [-0.15, -0.1) is 5.10 Å². The van der Waals surface area contributed by atoms with Crippen molar-refractivity contribution in [3.63, 3.8) is 0 Å². The van der Waals surface area contributed by atoms with E-state index in [1.165, 1.54) is 0 Å². The van der Waals surface area contributed by atoms with Gasteiger partial charge in [0.1, 0.15) is 5.82 Å². The third-order valence-electron chi connectivity index (χ3n) is 2.45. The molecule has 96 valence electrons. The number of ether oxygens (including phenoxy) is 1. The summed E-state index contributed by atoms with van der Waals surface area (Å²) in [4.78, 5) is 15.8. The number of rotatable bonds is 6. The minimum atomic E-state index is -0.391. The van der Waals surface area contributed by atoms with Crippen LogP contribution in [-0.4, -0.2) is 40.3 Å².